The van der Waals surface area contributed by atoms with E-state index in [1.807, 2.05) is 12.1 Å². The van der Waals surface area contributed by atoms with E-state index in [0.717, 1.165) is 30.0 Å². The lowest BCUT2D eigenvalue weighted by Crippen LogP contribution is -2.18. The highest BCUT2D eigenvalue weighted by molar-refractivity contribution is 5.71. The van der Waals surface area contributed by atoms with Crippen molar-refractivity contribution in [1.29, 1.82) is 0 Å². The summed E-state index contributed by atoms with van der Waals surface area (Å²) in [5.74, 6) is 1.53. The molecular weight excluding hydrogens is 212 g/mol. The Balaban J connectivity index is 2.45. The Hall–Kier alpha value is -1.42. The zero-order valence-corrected chi connectivity index (χ0v) is 10.7. The average molecular weight is 232 g/mol. The van der Waals surface area contributed by atoms with Crippen LogP contribution in [0.15, 0.2) is 18.3 Å². The van der Waals surface area contributed by atoms with Crippen LogP contribution in [0, 0.1) is 5.92 Å². The third-order valence-electron chi connectivity index (χ3n) is 2.91. The van der Waals surface area contributed by atoms with Gasteiger partial charge in [-0.25, -0.2) is 9.97 Å². The summed E-state index contributed by atoms with van der Waals surface area (Å²) in [6.45, 7) is 7.31. The van der Waals surface area contributed by atoms with Crippen LogP contribution in [0.1, 0.15) is 39.1 Å². The minimum absolute atomic E-state index is 0.0100. The van der Waals surface area contributed by atoms with Crippen LogP contribution in [0.25, 0.3) is 11.2 Å². The van der Waals surface area contributed by atoms with E-state index in [1.165, 1.54) is 0 Å². The van der Waals surface area contributed by atoms with Crippen LogP contribution in [-0.2, 0) is 6.54 Å². The van der Waals surface area contributed by atoms with Gasteiger partial charge >= 0.3 is 0 Å². The fraction of sp³-hybridized carbons (Fsp3) is 0.538. The maximum atomic E-state index is 6.23. The lowest BCUT2D eigenvalue weighted by Gasteiger charge is -2.14. The minimum Gasteiger partial charge on any atom is -0.321 e. The maximum Gasteiger partial charge on any atom is 0.160 e. The van der Waals surface area contributed by atoms with Gasteiger partial charge in [0.15, 0.2) is 5.65 Å². The highest BCUT2D eigenvalue weighted by Gasteiger charge is 2.17. The second-order valence-electron chi connectivity index (χ2n) is 4.80. The summed E-state index contributed by atoms with van der Waals surface area (Å²) in [5.41, 5.74) is 8.09. The maximum absolute atomic E-state index is 6.23. The molecule has 2 rings (SSSR count). The largest absolute Gasteiger partial charge is 0.321 e. The average Bonchev–Trinajstić information content (AvgIpc) is 2.66. The predicted octanol–water partition coefficient (Wildman–Crippen LogP) is 2.50. The van der Waals surface area contributed by atoms with Crippen LogP contribution in [0.3, 0.4) is 0 Å². The number of fused-ring (bicyclic) bond motifs is 1. The van der Waals surface area contributed by atoms with Gasteiger partial charge in [0, 0.05) is 12.7 Å². The Morgan fingerprint density at radius 3 is 2.82 bits per heavy atom. The fourth-order valence-electron chi connectivity index (χ4n) is 2.18. The molecule has 0 saturated carbocycles. The van der Waals surface area contributed by atoms with Crippen molar-refractivity contribution in [2.24, 2.45) is 11.7 Å². The van der Waals surface area contributed by atoms with Gasteiger partial charge in [-0.1, -0.05) is 13.8 Å². The number of hydrogen-bond donors (Lipinski definition) is 1. The number of hydrogen-bond acceptors (Lipinski definition) is 3. The molecule has 0 fully saturated rings. The molecule has 0 spiro atoms. The molecule has 0 bridgehead atoms. The number of aromatic nitrogens is 3. The molecule has 0 aliphatic heterocycles. The van der Waals surface area contributed by atoms with Crippen LogP contribution in [0.4, 0.5) is 0 Å². The van der Waals surface area contributed by atoms with Gasteiger partial charge in [-0.05, 0) is 31.4 Å². The molecule has 4 heteroatoms. The topological polar surface area (TPSA) is 56.7 Å². The summed E-state index contributed by atoms with van der Waals surface area (Å²) in [4.78, 5) is 8.99. The van der Waals surface area contributed by atoms with E-state index in [9.17, 15) is 0 Å². The molecule has 1 atom stereocenters. The van der Waals surface area contributed by atoms with E-state index >= 15 is 0 Å². The van der Waals surface area contributed by atoms with Gasteiger partial charge in [-0.2, -0.15) is 0 Å². The molecule has 2 heterocycles. The molecule has 0 unspecified atom stereocenters. The first kappa shape index (κ1) is 12.0. The number of rotatable bonds is 4. The Kier molecular flexibility index (Phi) is 3.43. The van der Waals surface area contributed by atoms with Crippen LogP contribution in [0.2, 0.25) is 0 Å². The van der Waals surface area contributed by atoms with Crippen LogP contribution >= 0.6 is 0 Å². The van der Waals surface area contributed by atoms with Crippen molar-refractivity contribution in [3.05, 3.63) is 24.2 Å². The monoisotopic (exact) mass is 232 g/mol. The summed E-state index contributed by atoms with van der Waals surface area (Å²) in [5, 5.41) is 0. The van der Waals surface area contributed by atoms with Crippen molar-refractivity contribution in [2.45, 2.75) is 39.8 Å². The summed E-state index contributed by atoms with van der Waals surface area (Å²) in [6, 6.07) is 3.89. The Morgan fingerprint density at radius 1 is 1.41 bits per heavy atom. The van der Waals surface area contributed by atoms with Crippen molar-refractivity contribution >= 4 is 11.2 Å². The standard InChI is InChI=1S/C13H20N4/c1-4-17-12(10(14)8-9(2)3)16-11-6-5-7-15-13(11)17/h5-7,9-10H,4,8,14H2,1-3H3/t10-/m0/s1. The Labute approximate surface area is 102 Å². The third-order valence-corrected chi connectivity index (χ3v) is 2.91. The van der Waals surface area contributed by atoms with E-state index in [-0.39, 0.29) is 6.04 Å². The number of aryl methyl sites for hydroxylation is 1. The minimum atomic E-state index is -0.0100. The number of nitrogens with two attached hydrogens (primary N) is 1. The molecule has 92 valence electrons. The van der Waals surface area contributed by atoms with Crippen molar-refractivity contribution < 1.29 is 0 Å². The van der Waals surface area contributed by atoms with E-state index < -0.39 is 0 Å². The lowest BCUT2D eigenvalue weighted by molar-refractivity contribution is 0.479. The van der Waals surface area contributed by atoms with Crippen molar-refractivity contribution in [3.63, 3.8) is 0 Å². The van der Waals surface area contributed by atoms with Crippen molar-refractivity contribution in [1.82, 2.24) is 14.5 Å². The molecule has 2 aromatic heterocycles. The van der Waals surface area contributed by atoms with Crippen molar-refractivity contribution in [2.75, 3.05) is 0 Å². The first-order valence-electron chi connectivity index (χ1n) is 6.20. The van der Waals surface area contributed by atoms with E-state index in [1.54, 1.807) is 6.20 Å². The number of pyridine rings is 1. The second-order valence-corrected chi connectivity index (χ2v) is 4.80. The molecule has 0 aliphatic rings. The number of imidazole rings is 1. The van der Waals surface area contributed by atoms with Gasteiger partial charge in [0.2, 0.25) is 0 Å². The zero-order valence-electron chi connectivity index (χ0n) is 10.7. The molecule has 0 aromatic carbocycles. The Morgan fingerprint density at radius 2 is 2.18 bits per heavy atom. The van der Waals surface area contributed by atoms with Gasteiger partial charge in [-0.3, -0.25) is 0 Å². The molecule has 17 heavy (non-hydrogen) atoms. The van der Waals surface area contributed by atoms with Gasteiger partial charge in [0.05, 0.1) is 6.04 Å². The zero-order chi connectivity index (χ0) is 12.4. The summed E-state index contributed by atoms with van der Waals surface area (Å²) >= 11 is 0. The molecule has 0 saturated heterocycles. The molecular formula is C13H20N4. The van der Waals surface area contributed by atoms with Crippen LogP contribution in [-0.4, -0.2) is 14.5 Å². The SMILES string of the molecule is CCn1c([C@@H](N)CC(C)C)nc2cccnc21. The predicted molar refractivity (Wildman–Crippen MR) is 69.6 cm³/mol. The summed E-state index contributed by atoms with van der Waals surface area (Å²) < 4.78 is 2.11. The highest BCUT2D eigenvalue weighted by Crippen LogP contribution is 2.22. The summed E-state index contributed by atoms with van der Waals surface area (Å²) in [6.07, 6.45) is 2.75. The van der Waals surface area contributed by atoms with Gasteiger partial charge in [0.1, 0.15) is 11.3 Å². The first-order chi connectivity index (χ1) is 8.13. The van der Waals surface area contributed by atoms with Crippen LogP contribution in [0.5, 0.6) is 0 Å². The molecule has 0 aliphatic carbocycles. The quantitative estimate of drug-likeness (QED) is 0.881. The van der Waals surface area contributed by atoms with Gasteiger partial charge in [-0.15, -0.1) is 0 Å². The highest BCUT2D eigenvalue weighted by atomic mass is 15.1. The normalized spacial score (nSPS) is 13.5. The fourth-order valence-corrected chi connectivity index (χ4v) is 2.18. The van der Waals surface area contributed by atoms with Crippen LogP contribution < -0.4 is 5.73 Å². The summed E-state index contributed by atoms with van der Waals surface area (Å²) in [7, 11) is 0. The molecule has 2 N–H and O–H groups in total. The first-order valence-corrected chi connectivity index (χ1v) is 6.20. The van der Waals surface area contributed by atoms with E-state index in [2.05, 4.69) is 35.3 Å². The van der Waals surface area contributed by atoms with Crippen molar-refractivity contribution in [3.8, 4) is 0 Å². The smallest absolute Gasteiger partial charge is 0.160 e. The molecule has 2 aromatic rings. The van der Waals surface area contributed by atoms with E-state index in [4.69, 9.17) is 5.73 Å². The van der Waals surface area contributed by atoms with Gasteiger partial charge < -0.3 is 10.3 Å². The lowest BCUT2D eigenvalue weighted by atomic mass is 10.0. The van der Waals surface area contributed by atoms with E-state index in [0.29, 0.717) is 5.92 Å². The van der Waals surface area contributed by atoms with Gasteiger partial charge in [0.25, 0.3) is 0 Å². The molecule has 0 amide bonds. The Bertz CT molecular complexity index is 501. The molecule has 4 nitrogen and oxygen atoms in total. The third kappa shape index (κ3) is 2.31. The molecule has 0 radical (unpaired) electrons. The second kappa shape index (κ2) is 4.84. The number of nitrogens with zero attached hydrogens (tertiary/aromatic N) is 3.